The molecule has 4 nitrogen and oxygen atoms in total. The summed E-state index contributed by atoms with van der Waals surface area (Å²) in [5.41, 5.74) is 5.28. The van der Waals surface area contributed by atoms with Crippen LogP contribution in [0.3, 0.4) is 0 Å². The van der Waals surface area contributed by atoms with Crippen molar-refractivity contribution in [2.75, 3.05) is 37.8 Å². The van der Waals surface area contributed by atoms with Crippen LogP contribution in [0.25, 0.3) is 0 Å². The summed E-state index contributed by atoms with van der Waals surface area (Å²) in [6.45, 7) is 2.67. The van der Waals surface area contributed by atoms with Gasteiger partial charge in [0, 0.05) is 31.2 Å². The molecule has 2 rings (SSSR count). The summed E-state index contributed by atoms with van der Waals surface area (Å²) in [7, 11) is 0. The van der Waals surface area contributed by atoms with Gasteiger partial charge in [-0.15, -0.1) is 0 Å². The lowest BCUT2D eigenvalue weighted by molar-refractivity contribution is -0.136. The Kier molecular flexibility index (Phi) is 2.99. The fraction of sp³-hybridized carbons (Fsp3) is 0.889. The minimum atomic E-state index is -0.734. The lowest BCUT2D eigenvalue weighted by Gasteiger charge is -2.32. The van der Waals surface area contributed by atoms with Crippen molar-refractivity contribution >= 4 is 17.7 Å². The van der Waals surface area contributed by atoms with Crippen molar-refractivity contribution in [3.63, 3.8) is 0 Å². The molecule has 1 unspecified atom stereocenters. The minimum absolute atomic E-state index is 0.0790. The largest absolute Gasteiger partial charge is 0.379 e. The average Bonchev–Trinajstić information content (AvgIpc) is 2.67. The number of ether oxygens (including phenoxy) is 1. The number of rotatable bonds is 1. The second-order valence-corrected chi connectivity index (χ2v) is 5.09. The maximum Gasteiger partial charge on any atom is 0.245 e. The molecular weight excluding hydrogens is 200 g/mol. The van der Waals surface area contributed by atoms with Crippen LogP contribution >= 0.6 is 11.8 Å². The molecule has 1 atom stereocenters. The summed E-state index contributed by atoms with van der Waals surface area (Å²) >= 11 is 1.89. The Hall–Kier alpha value is -0.260. The fourth-order valence-electron chi connectivity index (χ4n) is 1.83. The molecule has 0 spiro atoms. The van der Waals surface area contributed by atoms with Crippen LogP contribution in [0.2, 0.25) is 0 Å². The van der Waals surface area contributed by atoms with Crippen LogP contribution in [0.15, 0.2) is 0 Å². The number of nitrogens with two attached hydrogens (primary N) is 1. The highest BCUT2D eigenvalue weighted by Crippen LogP contribution is 2.20. The Morgan fingerprint density at radius 2 is 2.14 bits per heavy atom. The van der Waals surface area contributed by atoms with Gasteiger partial charge < -0.3 is 15.4 Å². The summed E-state index contributed by atoms with van der Waals surface area (Å²) in [6, 6.07) is 0. The Morgan fingerprint density at radius 1 is 1.43 bits per heavy atom. The van der Waals surface area contributed by atoms with E-state index < -0.39 is 5.54 Å². The first kappa shape index (κ1) is 10.3. The van der Waals surface area contributed by atoms with Gasteiger partial charge in [0.2, 0.25) is 5.91 Å². The summed E-state index contributed by atoms with van der Waals surface area (Å²) < 4.78 is 5.19. The van der Waals surface area contributed by atoms with Gasteiger partial charge in [0.05, 0.1) is 6.61 Å². The van der Waals surface area contributed by atoms with Gasteiger partial charge in [-0.05, 0) is 6.42 Å². The number of hydrogen-bond acceptors (Lipinski definition) is 4. The van der Waals surface area contributed by atoms with Gasteiger partial charge in [-0.3, -0.25) is 4.79 Å². The quantitative estimate of drug-likeness (QED) is 0.652. The van der Waals surface area contributed by atoms with Gasteiger partial charge >= 0.3 is 0 Å². The van der Waals surface area contributed by atoms with Crippen LogP contribution in [0.5, 0.6) is 0 Å². The lowest BCUT2D eigenvalue weighted by atomic mass is 9.98. The Morgan fingerprint density at radius 3 is 2.71 bits per heavy atom. The van der Waals surface area contributed by atoms with Crippen LogP contribution in [0.1, 0.15) is 6.42 Å². The standard InChI is InChI=1S/C9H16N2O2S/c10-9(1-4-13-7-9)8(12)11-2-5-14-6-3-11/h1-7,10H2. The SMILES string of the molecule is NC1(C(=O)N2CCSCC2)CCOC1. The molecule has 0 aromatic carbocycles. The third-order valence-corrected chi connectivity index (χ3v) is 3.72. The first-order valence-corrected chi connectivity index (χ1v) is 6.12. The number of hydrogen-bond donors (Lipinski definition) is 1. The van der Waals surface area contributed by atoms with Gasteiger partial charge in [0.1, 0.15) is 5.54 Å². The van der Waals surface area contributed by atoms with Crippen LogP contribution in [0, 0.1) is 0 Å². The van der Waals surface area contributed by atoms with Crippen LogP contribution in [0.4, 0.5) is 0 Å². The van der Waals surface area contributed by atoms with Crippen LogP contribution in [-0.2, 0) is 9.53 Å². The van der Waals surface area contributed by atoms with E-state index in [0.29, 0.717) is 19.6 Å². The van der Waals surface area contributed by atoms with Gasteiger partial charge in [-0.25, -0.2) is 0 Å². The number of amides is 1. The molecule has 2 N–H and O–H groups in total. The van der Waals surface area contributed by atoms with E-state index in [-0.39, 0.29) is 5.91 Å². The lowest BCUT2D eigenvalue weighted by Crippen LogP contribution is -2.57. The predicted molar refractivity (Wildman–Crippen MR) is 56.3 cm³/mol. The summed E-state index contributed by atoms with van der Waals surface area (Å²) in [5.74, 6) is 2.14. The molecule has 0 saturated carbocycles. The van der Waals surface area contributed by atoms with E-state index in [1.165, 1.54) is 0 Å². The maximum atomic E-state index is 12.0. The van der Waals surface area contributed by atoms with Crippen molar-refractivity contribution in [3.8, 4) is 0 Å². The normalized spacial score (nSPS) is 33.4. The topological polar surface area (TPSA) is 55.6 Å². The van der Waals surface area contributed by atoms with E-state index in [9.17, 15) is 4.79 Å². The maximum absolute atomic E-state index is 12.0. The molecule has 1 amide bonds. The summed E-state index contributed by atoms with van der Waals surface area (Å²) in [4.78, 5) is 13.9. The monoisotopic (exact) mass is 216 g/mol. The van der Waals surface area contributed by atoms with Crippen molar-refractivity contribution < 1.29 is 9.53 Å². The Balaban J connectivity index is 1.98. The smallest absolute Gasteiger partial charge is 0.245 e. The molecule has 5 heteroatoms. The molecule has 0 aromatic heterocycles. The number of carbonyl (C=O) groups excluding carboxylic acids is 1. The van der Waals surface area contributed by atoms with Crippen molar-refractivity contribution in [2.24, 2.45) is 5.73 Å². The molecule has 2 aliphatic rings. The zero-order valence-corrected chi connectivity index (χ0v) is 9.02. The molecule has 2 saturated heterocycles. The number of thioether (sulfide) groups is 1. The van der Waals surface area contributed by atoms with Crippen molar-refractivity contribution in [1.29, 1.82) is 0 Å². The summed E-state index contributed by atoms with van der Waals surface area (Å²) in [6.07, 6.45) is 0.662. The van der Waals surface area contributed by atoms with Crippen LogP contribution in [-0.4, -0.2) is 54.2 Å². The van der Waals surface area contributed by atoms with Crippen LogP contribution < -0.4 is 5.73 Å². The van der Waals surface area contributed by atoms with E-state index in [1.807, 2.05) is 16.7 Å². The van der Waals surface area contributed by atoms with E-state index in [2.05, 4.69) is 0 Å². The van der Waals surface area contributed by atoms with E-state index >= 15 is 0 Å². The Labute approximate surface area is 88.1 Å². The second kappa shape index (κ2) is 4.08. The molecule has 80 valence electrons. The molecule has 2 aliphatic heterocycles. The first-order chi connectivity index (χ1) is 6.72. The first-order valence-electron chi connectivity index (χ1n) is 4.96. The number of nitrogens with zero attached hydrogens (tertiary/aromatic N) is 1. The van der Waals surface area contributed by atoms with Gasteiger partial charge in [-0.1, -0.05) is 0 Å². The van der Waals surface area contributed by atoms with E-state index in [1.54, 1.807) is 0 Å². The molecule has 0 radical (unpaired) electrons. The van der Waals surface area contributed by atoms with Gasteiger partial charge in [-0.2, -0.15) is 11.8 Å². The molecule has 0 bridgehead atoms. The zero-order chi connectivity index (χ0) is 10.0. The van der Waals surface area contributed by atoms with Gasteiger partial charge in [0.15, 0.2) is 0 Å². The molecule has 0 aliphatic carbocycles. The molecule has 0 aromatic rings. The predicted octanol–water partition coefficient (Wildman–Crippen LogP) is -0.320. The van der Waals surface area contributed by atoms with E-state index in [0.717, 1.165) is 24.6 Å². The van der Waals surface area contributed by atoms with E-state index in [4.69, 9.17) is 10.5 Å². The molecule has 14 heavy (non-hydrogen) atoms. The molecular formula is C9H16N2O2S. The zero-order valence-electron chi connectivity index (χ0n) is 8.20. The fourth-order valence-corrected chi connectivity index (χ4v) is 2.73. The third kappa shape index (κ3) is 1.89. The van der Waals surface area contributed by atoms with Crippen molar-refractivity contribution in [1.82, 2.24) is 4.90 Å². The van der Waals surface area contributed by atoms with Gasteiger partial charge in [0.25, 0.3) is 0 Å². The third-order valence-electron chi connectivity index (χ3n) is 2.78. The minimum Gasteiger partial charge on any atom is -0.379 e. The summed E-state index contributed by atoms with van der Waals surface area (Å²) in [5, 5.41) is 0. The molecule has 2 fully saturated rings. The molecule has 2 heterocycles. The van der Waals surface area contributed by atoms with Crippen molar-refractivity contribution in [3.05, 3.63) is 0 Å². The number of carbonyl (C=O) groups is 1. The average molecular weight is 216 g/mol. The second-order valence-electron chi connectivity index (χ2n) is 3.86. The van der Waals surface area contributed by atoms with Crippen molar-refractivity contribution in [2.45, 2.75) is 12.0 Å². The highest BCUT2D eigenvalue weighted by atomic mass is 32.2. The Bertz CT molecular complexity index is 223. The highest BCUT2D eigenvalue weighted by molar-refractivity contribution is 7.99. The highest BCUT2D eigenvalue weighted by Gasteiger charge is 2.41.